The monoisotopic (exact) mass is 215 g/mol. The Bertz CT molecular complexity index is 403. The zero-order valence-corrected chi connectivity index (χ0v) is 9.73. The second-order valence-corrected chi connectivity index (χ2v) is 3.97. The van der Waals surface area contributed by atoms with Gasteiger partial charge in [0.1, 0.15) is 11.9 Å². The number of hydrogen-bond acceptors (Lipinski definition) is 2. The van der Waals surface area contributed by atoms with Gasteiger partial charge in [-0.1, -0.05) is 23.8 Å². The van der Waals surface area contributed by atoms with E-state index in [-0.39, 0.29) is 6.10 Å². The maximum atomic E-state index is 5.84. The number of allylic oxidation sites excluding steroid dienone is 1. The lowest BCUT2D eigenvalue weighted by Gasteiger charge is -2.18. The van der Waals surface area contributed by atoms with E-state index in [0.29, 0.717) is 0 Å². The molecule has 0 amide bonds. The average molecular weight is 215 g/mol. The topological polar surface area (TPSA) is 21.3 Å². The van der Waals surface area contributed by atoms with Crippen LogP contribution in [0.3, 0.4) is 0 Å². The summed E-state index contributed by atoms with van der Waals surface area (Å²) < 4.78 is 5.84. The van der Waals surface area contributed by atoms with Gasteiger partial charge in [-0.15, -0.1) is 0 Å². The highest BCUT2D eigenvalue weighted by Gasteiger charge is 2.09. The molecule has 1 N–H and O–H groups in total. The first-order valence-electron chi connectivity index (χ1n) is 5.57. The standard InChI is InChI=1S/C14H17NO/c1-11-3-7-13(8-4-11)16-14-9-5-12(15-2)6-10-14/h3-9,14-15H,10H2,1-2H3. The number of benzene rings is 1. The van der Waals surface area contributed by atoms with Crippen LogP contribution in [0, 0.1) is 6.92 Å². The van der Waals surface area contributed by atoms with E-state index in [1.807, 2.05) is 19.2 Å². The SMILES string of the molecule is CNC1=CCC(Oc2ccc(C)cc2)C=C1. The molecule has 1 aromatic carbocycles. The Morgan fingerprint density at radius 3 is 2.56 bits per heavy atom. The van der Waals surface area contributed by atoms with Crippen LogP contribution in [0.1, 0.15) is 12.0 Å². The summed E-state index contributed by atoms with van der Waals surface area (Å²) in [6, 6.07) is 8.16. The lowest BCUT2D eigenvalue weighted by Crippen LogP contribution is -2.17. The van der Waals surface area contributed by atoms with Crippen LogP contribution in [0.5, 0.6) is 5.75 Å². The van der Waals surface area contributed by atoms with Gasteiger partial charge in [0.15, 0.2) is 0 Å². The zero-order chi connectivity index (χ0) is 11.4. The third-order valence-electron chi connectivity index (χ3n) is 2.66. The molecule has 1 aliphatic carbocycles. The van der Waals surface area contributed by atoms with Crippen LogP contribution in [0.2, 0.25) is 0 Å². The fourth-order valence-electron chi connectivity index (χ4n) is 1.67. The van der Waals surface area contributed by atoms with Crippen LogP contribution in [0.4, 0.5) is 0 Å². The second-order valence-electron chi connectivity index (χ2n) is 3.97. The Hall–Kier alpha value is -1.70. The van der Waals surface area contributed by atoms with Crippen molar-refractivity contribution in [2.24, 2.45) is 0 Å². The minimum atomic E-state index is 0.153. The third kappa shape index (κ3) is 2.66. The Balaban J connectivity index is 1.95. The first-order valence-corrected chi connectivity index (χ1v) is 5.57. The van der Waals surface area contributed by atoms with Gasteiger partial charge in [-0.2, -0.15) is 0 Å². The fourth-order valence-corrected chi connectivity index (χ4v) is 1.67. The van der Waals surface area contributed by atoms with Crippen molar-refractivity contribution in [1.29, 1.82) is 0 Å². The van der Waals surface area contributed by atoms with Gasteiger partial charge in [0.25, 0.3) is 0 Å². The highest BCUT2D eigenvalue weighted by atomic mass is 16.5. The molecule has 2 heteroatoms. The predicted molar refractivity (Wildman–Crippen MR) is 66.5 cm³/mol. The summed E-state index contributed by atoms with van der Waals surface area (Å²) in [5.41, 5.74) is 2.41. The van der Waals surface area contributed by atoms with Crippen molar-refractivity contribution in [2.75, 3.05) is 7.05 Å². The smallest absolute Gasteiger partial charge is 0.121 e. The summed E-state index contributed by atoms with van der Waals surface area (Å²) in [5, 5.41) is 3.11. The average Bonchev–Trinajstić information content (AvgIpc) is 2.33. The largest absolute Gasteiger partial charge is 0.486 e. The fraction of sp³-hybridized carbons (Fsp3) is 0.286. The summed E-state index contributed by atoms with van der Waals surface area (Å²) in [6.45, 7) is 2.08. The van der Waals surface area contributed by atoms with Crippen molar-refractivity contribution in [3.63, 3.8) is 0 Å². The van der Waals surface area contributed by atoms with Crippen molar-refractivity contribution in [1.82, 2.24) is 5.32 Å². The molecule has 0 saturated heterocycles. The van der Waals surface area contributed by atoms with Crippen LogP contribution < -0.4 is 10.1 Å². The Kier molecular flexibility index (Phi) is 3.30. The lowest BCUT2D eigenvalue weighted by atomic mass is 10.1. The number of rotatable bonds is 3. The summed E-state index contributed by atoms with van der Waals surface area (Å²) in [5.74, 6) is 0.932. The lowest BCUT2D eigenvalue weighted by molar-refractivity contribution is 0.251. The van der Waals surface area contributed by atoms with E-state index in [2.05, 4.69) is 42.6 Å². The summed E-state index contributed by atoms with van der Waals surface area (Å²) >= 11 is 0. The van der Waals surface area contributed by atoms with Gasteiger partial charge in [-0.25, -0.2) is 0 Å². The molecule has 0 aliphatic heterocycles. The van der Waals surface area contributed by atoms with Gasteiger partial charge in [0, 0.05) is 19.2 Å². The Morgan fingerprint density at radius 1 is 1.25 bits per heavy atom. The summed E-state index contributed by atoms with van der Waals surface area (Å²) in [7, 11) is 1.93. The molecule has 1 atom stereocenters. The zero-order valence-electron chi connectivity index (χ0n) is 9.73. The highest BCUT2D eigenvalue weighted by Crippen LogP contribution is 2.18. The molecular formula is C14H17NO. The van der Waals surface area contributed by atoms with Gasteiger partial charge >= 0.3 is 0 Å². The van der Waals surface area contributed by atoms with Crippen molar-refractivity contribution in [3.05, 3.63) is 53.8 Å². The van der Waals surface area contributed by atoms with Crippen LogP contribution in [0.15, 0.2) is 48.2 Å². The molecule has 2 rings (SSSR count). The van der Waals surface area contributed by atoms with Gasteiger partial charge in [-0.05, 0) is 31.2 Å². The molecule has 0 spiro atoms. The Labute approximate surface area is 96.6 Å². The van der Waals surface area contributed by atoms with Crippen molar-refractivity contribution >= 4 is 0 Å². The van der Waals surface area contributed by atoms with E-state index >= 15 is 0 Å². The first-order chi connectivity index (χ1) is 7.78. The molecule has 0 fully saturated rings. The number of ether oxygens (including phenoxy) is 1. The molecule has 0 bridgehead atoms. The first kappa shape index (κ1) is 10.8. The number of aryl methyl sites for hydroxylation is 1. The van der Waals surface area contributed by atoms with Crippen molar-refractivity contribution in [3.8, 4) is 5.75 Å². The predicted octanol–water partition coefficient (Wildman–Crippen LogP) is 2.81. The minimum absolute atomic E-state index is 0.153. The number of hydrogen-bond donors (Lipinski definition) is 1. The molecule has 0 saturated carbocycles. The highest BCUT2D eigenvalue weighted by molar-refractivity contribution is 5.28. The van der Waals surface area contributed by atoms with Gasteiger partial charge in [0.05, 0.1) is 0 Å². The van der Waals surface area contributed by atoms with E-state index in [1.165, 1.54) is 5.56 Å². The molecule has 0 aromatic heterocycles. The van der Waals surface area contributed by atoms with Crippen molar-refractivity contribution < 1.29 is 4.74 Å². The minimum Gasteiger partial charge on any atom is -0.486 e. The maximum Gasteiger partial charge on any atom is 0.121 e. The van der Waals surface area contributed by atoms with E-state index in [1.54, 1.807) is 0 Å². The molecule has 0 heterocycles. The van der Waals surface area contributed by atoms with E-state index in [4.69, 9.17) is 4.74 Å². The second kappa shape index (κ2) is 4.88. The molecular weight excluding hydrogens is 198 g/mol. The van der Waals surface area contributed by atoms with Crippen LogP contribution >= 0.6 is 0 Å². The molecule has 2 nitrogen and oxygen atoms in total. The van der Waals surface area contributed by atoms with Crippen LogP contribution in [-0.2, 0) is 0 Å². The van der Waals surface area contributed by atoms with E-state index < -0.39 is 0 Å². The van der Waals surface area contributed by atoms with Gasteiger partial charge in [0.2, 0.25) is 0 Å². The molecule has 84 valence electrons. The molecule has 1 unspecified atom stereocenters. The number of nitrogens with one attached hydrogen (secondary N) is 1. The molecule has 16 heavy (non-hydrogen) atoms. The maximum absolute atomic E-state index is 5.84. The third-order valence-corrected chi connectivity index (χ3v) is 2.66. The van der Waals surface area contributed by atoms with Gasteiger partial charge in [-0.3, -0.25) is 0 Å². The molecule has 1 aliphatic rings. The number of likely N-dealkylation sites (N-methyl/N-ethyl adjacent to an activating group) is 1. The van der Waals surface area contributed by atoms with Gasteiger partial charge < -0.3 is 10.1 Å². The van der Waals surface area contributed by atoms with Crippen LogP contribution in [-0.4, -0.2) is 13.2 Å². The van der Waals surface area contributed by atoms with E-state index in [9.17, 15) is 0 Å². The normalized spacial score (nSPS) is 19.1. The summed E-state index contributed by atoms with van der Waals surface area (Å²) in [6.07, 6.45) is 7.37. The molecule has 0 radical (unpaired) electrons. The van der Waals surface area contributed by atoms with E-state index in [0.717, 1.165) is 17.9 Å². The van der Waals surface area contributed by atoms with Crippen molar-refractivity contribution in [2.45, 2.75) is 19.4 Å². The quantitative estimate of drug-likeness (QED) is 0.837. The Morgan fingerprint density at radius 2 is 2.00 bits per heavy atom. The summed E-state index contributed by atoms with van der Waals surface area (Å²) in [4.78, 5) is 0. The molecule has 1 aromatic rings. The van der Waals surface area contributed by atoms with Crippen LogP contribution in [0.25, 0.3) is 0 Å².